The summed E-state index contributed by atoms with van der Waals surface area (Å²) in [7, 11) is -3.67. The number of hydrogen-bond acceptors (Lipinski definition) is 7. The van der Waals surface area contributed by atoms with Crippen LogP contribution < -0.4 is 10.0 Å². The Bertz CT molecular complexity index is 1500. The van der Waals surface area contributed by atoms with Gasteiger partial charge in [-0.2, -0.15) is 0 Å². The Balaban J connectivity index is 1.24. The standard InChI is InChI=1S/C26H22N4O5S/c31-25(15-14-21-18-27-23-8-4-5-9-24(23)29-21)19-10-12-20(13-11-19)30-26(32)35-17-16-28-36(33,34)22-6-2-1-3-7-22/h1-15,18,28H,16-17H2,(H,30,32). The smallest absolute Gasteiger partial charge is 0.411 e. The zero-order valence-electron chi connectivity index (χ0n) is 19.0. The third kappa shape index (κ3) is 6.59. The van der Waals surface area contributed by atoms with Gasteiger partial charge >= 0.3 is 6.09 Å². The van der Waals surface area contributed by atoms with Crippen molar-refractivity contribution in [1.82, 2.24) is 14.7 Å². The van der Waals surface area contributed by atoms with Crippen molar-refractivity contribution in [1.29, 1.82) is 0 Å². The quantitative estimate of drug-likeness (QED) is 0.201. The largest absolute Gasteiger partial charge is 0.448 e. The van der Waals surface area contributed by atoms with Gasteiger partial charge in [-0.1, -0.05) is 30.3 Å². The summed E-state index contributed by atoms with van der Waals surface area (Å²) in [6.07, 6.45) is 3.85. The maximum atomic E-state index is 12.5. The Morgan fingerprint density at radius 2 is 1.58 bits per heavy atom. The first-order chi connectivity index (χ1) is 17.4. The fourth-order valence-electron chi connectivity index (χ4n) is 3.18. The van der Waals surface area contributed by atoms with Crippen LogP contribution >= 0.6 is 0 Å². The Hall–Kier alpha value is -4.41. The van der Waals surface area contributed by atoms with Gasteiger partial charge in [0.25, 0.3) is 0 Å². The number of aromatic nitrogens is 2. The van der Waals surface area contributed by atoms with E-state index in [0.717, 1.165) is 11.0 Å². The number of fused-ring (bicyclic) bond motifs is 1. The van der Waals surface area contributed by atoms with Gasteiger partial charge in [0.05, 0.1) is 27.8 Å². The third-order valence-electron chi connectivity index (χ3n) is 4.97. The van der Waals surface area contributed by atoms with Crippen LogP contribution in [0, 0.1) is 0 Å². The summed E-state index contributed by atoms with van der Waals surface area (Å²) < 4.78 is 31.6. The van der Waals surface area contributed by atoms with E-state index in [2.05, 4.69) is 20.0 Å². The molecule has 9 nitrogen and oxygen atoms in total. The van der Waals surface area contributed by atoms with Gasteiger partial charge in [0.1, 0.15) is 6.61 Å². The maximum absolute atomic E-state index is 12.5. The molecule has 10 heteroatoms. The number of carbonyl (C=O) groups is 2. The topological polar surface area (TPSA) is 127 Å². The molecule has 0 fully saturated rings. The van der Waals surface area contributed by atoms with Gasteiger partial charge in [-0.05, 0) is 60.7 Å². The molecule has 0 aliphatic rings. The van der Waals surface area contributed by atoms with Crippen LogP contribution in [0.5, 0.6) is 0 Å². The van der Waals surface area contributed by atoms with E-state index in [1.165, 1.54) is 18.2 Å². The highest BCUT2D eigenvalue weighted by atomic mass is 32.2. The highest BCUT2D eigenvalue weighted by Gasteiger charge is 2.13. The second-order valence-electron chi connectivity index (χ2n) is 7.53. The molecule has 1 heterocycles. The van der Waals surface area contributed by atoms with Crippen LogP contribution in [-0.2, 0) is 14.8 Å². The lowest BCUT2D eigenvalue weighted by Crippen LogP contribution is -2.29. The number of benzene rings is 3. The Labute approximate surface area is 207 Å². The molecule has 0 atom stereocenters. The molecule has 182 valence electrons. The molecule has 36 heavy (non-hydrogen) atoms. The van der Waals surface area contributed by atoms with Crippen LogP contribution in [-0.4, -0.2) is 43.4 Å². The van der Waals surface area contributed by atoms with Crippen molar-refractivity contribution in [3.63, 3.8) is 0 Å². The summed E-state index contributed by atoms with van der Waals surface area (Å²) in [5.41, 5.74) is 2.92. The van der Waals surface area contributed by atoms with E-state index in [1.54, 1.807) is 54.7 Å². The average molecular weight is 503 g/mol. The van der Waals surface area contributed by atoms with E-state index in [0.29, 0.717) is 16.9 Å². The molecule has 0 saturated heterocycles. The van der Waals surface area contributed by atoms with Gasteiger partial charge in [0.2, 0.25) is 10.0 Å². The van der Waals surface area contributed by atoms with E-state index >= 15 is 0 Å². The lowest BCUT2D eigenvalue weighted by molar-refractivity contribution is 0.104. The van der Waals surface area contributed by atoms with E-state index in [9.17, 15) is 18.0 Å². The van der Waals surface area contributed by atoms with Gasteiger partial charge in [-0.3, -0.25) is 15.1 Å². The van der Waals surface area contributed by atoms with Crippen molar-refractivity contribution >= 4 is 44.7 Å². The monoisotopic (exact) mass is 502 g/mol. The zero-order valence-corrected chi connectivity index (χ0v) is 19.8. The lowest BCUT2D eigenvalue weighted by Gasteiger charge is -2.09. The van der Waals surface area contributed by atoms with Gasteiger partial charge in [0.15, 0.2) is 5.78 Å². The summed E-state index contributed by atoms with van der Waals surface area (Å²) in [6, 6.07) is 21.6. The van der Waals surface area contributed by atoms with Crippen LogP contribution in [0.4, 0.5) is 10.5 Å². The van der Waals surface area contributed by atoms with Crippen LogP contribution in [0.25, 0.3) is 17.1 Å². The van der Waals surface area contributed by atoms with Gasteiger partial charge in [-0.15, -0.1) is 0 Å². The summed E-state index contributed by atoms with van der Waals surface area (Å²) in [4.78, 5) is 33.3. The minimum Gasteiger partial charge on any atom is -0.448 e. The highest BCUT2D eigenvalue weighted by Crippen LogP contribution is 2.13. The third-order valence-corrected chi connectivity index (χ3v) is 6.45. The molecule has 3 aromatic carbocycles. The van der Waals surface area contributed by atoms with Crippen molar-refractivity contribution in [3.05, 3.63) is 102 Å². The number of anilines is 1. The molecule has 0 spiro atoms. The Kier molecular flexibility index (Phi) is 7.79. The van der Waals surface area contributed by atoms with Gasteiger partial charge in [0, 0.05) is 17.8 Å². The van der Waals surface area contributed by atoms with E-state index in [1.807, 2.05) is 24.3 Å². The lowest BCUT2D eigenvalue weighted by atomic mass is 10.1. The molecule has 4 aromatic rings. The molecule has 0 bridgehead atoms. The fraction of sp³-hybridized carbons (Fsp3) is 0.0769. The number of ketones is 1. The Morgan fingerprint density at radius 1 is 0.889 bits per heavy atom. The number of ether oxygens (including phenoxy) is 1. The summed E-state index contributed by atoms with van der Waals surface area (Å²) >= 11 is 0. The van der Waals surface area contributed by atoms with Crippen LogP contribution in [0.1, 0.15) is 16.1 Å². The number of para-hydroxylation sites is 2. The van der Waals surface area contributed by atoms with Gasteiger partial charge in [-0.25, -0.2) is 22.9 Å². The minimum atomic E-state index is -3.67. The average Bonchev–Trinajstić information content (AvgIpc) is 2.90. The number of allylic oxidation sites excluding steroid dienone is 1. The molecule has 0 aliphatic carbocycles. The molecular weight excluding hydrogens is 480 g/mol. The number of hydrogen-bond donors (Lipinski definition) is 2. The van der Waals surface area contributed by atoms with Crippen molar-refractivity contribution < 1.29 is 22.7 Å². The molecule has 0 radical (unpaired) electrons. The van der Waals surface area contributed by atoms with Crippen LogP contribution in [0.15, 0.2) is 96.0 Å². The predicted molar refractivity (Wildman–Crippen MR) is 136 cm³/mol. The normalized spacial score (nSPS) is 11.4. The molecule has 0 unspecified atom stereocenters. The number of nitrogens with zero attached hydrogens (tertiary/aromatic N) is 2. The van der Waals surface area contributed by atoms with Crippen molar-refractivity contribution in [2.24, 2.45) is 0 Å². The fourth-order valence-corrected chi connectivity index (χ4v) is 4.22. The summed E-state index contributed by atoms with van der Waals surface area (Å²) in [5.74, 6) is -0.232. The number of carbonyl (C=O) groups excluding carboxylic acids is 2. The second-order valence-corrected chi connectivity index (χ2v) is 9.30. The van der Waals surface area contributed by atoms with Crippen LogP contribution in [0.2, 0.25) is 0 Å². The first-order valence-corrected chi connectivity index (χ1v) is 12.4. The van der Waals surface area contributed by atoms with E-state index in [-0.39, 0.29) is 23.8 Å². The Morgan fingerprint density at radius 3 is 2.33 bits per heavy atom. The van der Waals surface area contributed by atoms with Gasteiger partial charge < -0.3 is 4.74 Å². The van der Waals surface area contributed by atoms with Crippen molar-refractivity contribution in [2.75, 3.05) is 18.5 Å². The number of nitrogens with one attached hydrogen (secondary N) is 2. The molecular formula is C26H22N4O5S. The van der Waals surface area contributed by atoms with Crippen molar-refractivity contribution in [2.45, 2.75) is 4.90 Å². The number of rotatable bonds is 9. The van der Waals surface area contributed by atoms with E-state index < -0.39 is 16.1 Å². The summed E-state index contributed by atoms with van der Waals surface area (Å²) in [6.45, 7) is -0.233. The second kappa shape index (κ2) is 11.3. The summed E-state index contributed by atoms with van der Waals surface area (Å²) in [5, 5.41) is 2.53. The minimum absolute atomic E-state index is 0.0774. The molecule has 0 saturated carbocycles. The molecule has 1 amide bonds. The first-order valence-electron chi connectivity index (χ1n) is 10.9. The molecule has 2 N–H and O–H groups in total. The van der Waals surface area contributed by atoms with Crippen molar-refractivity contribution in [3.8, 4) is 0 Å². The highest BCUT2D eigenvalue weighted by molar-refractivity contribution is 7.89. The maximum Gasteiger partial charge on any atom is 0.411 e. The SMILES string of the molecule is O=C(Nc1ccc(C(=O)C=Cc2cnc3ccccc3n2)cc1)OCCNS(=O)(=O)c1ccccc1. The number of amides is 1. The predicted octanol–water partition coefficient (Wildman–Crippen LogP) is 4.05. The molecule has 0 aliphatic heterocycles. The number of sulfonamides is 1. The molecule has 1 aromatic heterocycles. The zero-order chi connectivity index (χ0) is 25.4. The van der Waals surface area contributed by atoms with E-state index in [4.69, 9.17) is 4.74 Å². The first kappa shape index (κ1) is 24.7. The van der Waals surface area contributed by atoms with Crippen LogP contribution in [0.3, 0.4) is 0 Å². The molecule has 4 rings (SSSR count).